The lowest BCUT2D eigenvalue weighted by Crippen LogP contribution is -2.32. The molecule has 1 aromatic heterocycles. The lowest BCUT2D eigenvalue weighted by atomic mass is 10.2. The number of aromatic nitrogens is 1. The molecule has 1 fully saturated rings. The van der Waals surface area contributed by atoms with Gasteiger partial charge in [0.15, 0.2) is 11.7 Å². The quantitative estimate of drug-likeness (QED) is 0.941. The van der Waals surface area contributed by atoms with Gasteiger partial charge in [-0.25, -0.2) is 4.98 Å². The van der Waals surface area contributed by atoms with Gasteiger partial charge in [0.05, 0.1) is 5.69 Å². The number of ether oxygens (including phenoxy) is 1. The molecular weight excluding hydrogens is 286 g/mol. The molecule has 110 valence electrons. The predicted molar refractivity (Wildman–Crippen MR) is 83.3 cm³/mol. The molecule has 3 rings (SSSR count). The van der Waals surface area contributed by atoms with Gasteiger partial charge in [-0.3, -0.25) is 4.79 Å². The van der Waals surface area contributed by atoms with E-state index in [-0.39, 0.29) is 12.5 Å². The van der Waals surface area contributed by atoms with Crippen LogP contribution in [0.5, 0.6) is 5.75 Å². The summed E-state index contributed by atoms with van der Waals surface area (Å²) in [7, 11) is 0. The maximum atomic E-state index is 12.0. The number of amides is 1. The molecule has 0 aliphatic carbocycles. The molecule has 0 atom stereocenters. The summed E-state index contributed by atoms with van der Waals surface area (Å²) in [4.78, 5) is 18.0. The van der Waals surface area contributed by atoms with Crippen LogP contribution in [0.3, 0.4) is 0 Å². The molecule has 2 aromatic rings. The average Bonchev–Trinajstić information content (AvgIpc) is 3.16. The van der Waals surface area contributed by atoms with Crippen molar-refractivity contribution in [2.24, 2.45) is 0 Å². The van der Waals surface area contributed by atoms with Crippen molar-refractivity contribution in [3.05, 3.63) is 29.6 Å². The molecular formula is C15H17N3O2S. The van der Waals surface area contributed by atoms with E-state index in [1.165, 1.54) is 11.3 Å². The summed E-state index contributed by atoms with van der Waals surface area (Å²) < 4.78 is 5.60. The van der Waals surface area contributed by atoms with E-state index >= 15 is 0 Å². The molecule has 1 saturated heterocycles. The molecule has 0 spiro atoms. The normalized spacial score (nSPS) is 14.4. The van der Waals surface area contributed by atoms with Gasteiger partial charge in [-0.2, -0.15) is 0 Å². The molecule has 1 aliphatic rings. The Morgan fingerprint density at radius 3 is 2.90 bits per heavy atom. The Labute approximate surface area is 127 Å². The number of anilines is 1. The van der Waals surface area contributed by atoms with Crippen LogP contribution in [0, 0.1) is 0 Å². The minimum atomic E-state index is 0.0517. The second-order valence-electron chi connectivity index (χ2n) is 4.98. The third-order valence-electron chi connectivity index (χ3n) is 3.47. The molecule has 1 amide bonds. The van der Waals surface area contributed by atoms with Gasteiger partial charge in [0.1, 0.15) is 5.75 Å². The molecule has 0 saturated carbocycles. The number of hydrogen-bond donors (Lipinski definition) is 1. The van der Waals surface area contributed by atoms with E-state index in [4.69, 9.17) is 10.5 Å². The summed E-state index contributed by atoms with van der Waals surface area (Å²) in [5.74, 6) is 0.724. The highest BCUT2D eigenvalue weighted by molar-refractivity contribution is 7.13. The summed E-state index contributed by atoms with van der Waals surface area (Å²) in [6, 6.07) is 7.56. The SMILES string of the molecule is Nc1nc(-c2cccc(OCC(=O)N3CCCC3)c2)cs1. The van der Waals surface area contributed by atoms with E-state index in [0.717, 1.165) is 37.2 Å². The predicted octanol–water partition coefficient (Wildman–Crippen LogP) is 2.39. The van der Waals surface area contributed by atoms with Gasteiger partial charge in [0.25, 0.3) is 5.91 Å². The average molecular weight is 303 g/mol. The van der Waals surface area contributed by atoms with E-state index in [1.54, 1.807) is 0 Å². The molecule has 6 heteroatoms. The van der Waals surface area contributed by atoms with E-state index in [0.29, 0.717) is 10.9 Å². The Kier molecular flexibility index (Phi) is 4.06. The molecule has 2 heterocycles. The first-order chi connectivity index (χ1) is 10.2. The van der Waals surface area contributed by atoms with E-state index in [9.17, 15) is 4.79 Å². The van der Waals surface area contributed by atoms with Gasteiger partial charge in [-0.05, 0) is 25.0 Å². The van der Waals surface area contributed by atoms with Crippen LogP contribution in [0.2, 0.25) is 0 Å². The first kappa shape index (κ1) is 13.9. The van der Waals surface area contributed by atoms with E-state index in [2.05, 4.69) is 4.98 Å². The largest absolute Gasteiger partial charge is 0.484 e. The van der Waals surface area contributed by atoms with Crippen LogP contribution in [0.4, 0.5) is 5.13 Å². The molecule has 1 aromatic carbocycles. The van der Waals surface area contributed by atoms with Crippen LogP contribution in [0.1, 0.15) is 12.8 Å². The maximum Gasteiger partial charge on any atom is 0.260 e. The van der Waals surface area contributed by atoms with Crippen molar-refractivity contribution in [3.63, 3.8) is 0 Å². The molecule has 21 heavy (non-hydrogen) atoms. The topological polar surface area (TPSA) is 68.5 Å². The lowest BCUT2D eigenvalue weighted by Gasteiger charge is -2.15. The number of likely N-dealkylation sites (tertiary alicyclic amines) is 1. The van der Waals surface area contributed by atoms with E-state index < -0.39 is 0 Å². The number of rotatable bonds is 4. The van der Waals surface area contributed by atoms with Crippen molar-refractivity contribution >= 4 is 22.4 Å². The zero-order valence-corrected chi connectivity index (χ0v) is 12.4. The smallest absolute Gasteiger partial charge is 0.260 e. The zero-order chi connectivity index (χ0) is 14.7. The zero-order valence-electron chi connectivity index (χ0n) is 11.6. The van der Waals surface area contributed by atoms with Crippen LogP contribution in [0.25, 0.3) is 11.3 Å². The number of carbonyl (C=O) groups is 1. The van der Waals surface area contributed by atoms with Crippen molar-refractivity contribution in [2.45, 2.75) is 12.8 Å². The minimum absolute atomic E-state index is 0.0517. The van der Waals surface area contributed by atoms with Crippen molar-refractivity contribution in [3.8, 4) is 17.0 Å². The molecule has 5 nitrogen and oxygen atoms in total. The highest BCUT2D eigenvalue weighted by Gasteiger charge is 2.18. The van der Waals surface area contributed by atoms with Gasteiger partial charge in [0, 0.05) is 24.0 Å². The monoisotopic (exact) mass is 303 g/mol. The molecule has 0 radical (unpaired) electrons. The van der Waals surface area contributed by atoms with Crippen LogP contribution in [0.15, 0.2) is 29.6 Å². The van der Waals surface area contributed by atoms with Gasteiger partial charge >= 0.3 is 0 Å². The third-order valence-corrected chi connectivity index (χ3v) is 4.15. The Morgan fingerprint density at radius 1 is 1.38 bits per heavy atom. The first-order valence-electron chi connectivity index (χ1n) is 6.94. The Hall–Kier alpha value is -2.08. The van der Waals surface area contributed by atoms with Gasteiger partial charge in [0.2, 0.25) is 0 Å². The molecule has 1 aliphatic heterocycles. The fourth-order valence-electron chi connectivity index (χ4n) is 2.37. The molecule has 2 N–H and O–H groups in total. The van der Waals surface area contributed by atoms with Gasteiger partial charge < -0.3 is 15.4 Å². The number of thiazole rings is 1. The van der Waals surface area contributed by atoms with Crippen molar-refractivity contribution in [1.82, 2.24) is 9.88 Å². The summed E-state index contributed by atoms with van der Waals surface area (Å²) >= 11 is 1.41. The maximum absolute atomic E-state index is 12.0. The summed E-state index contributed by atoms with van der Waals surface area (Å²) in [6.07, 6.45) is 2.18. The Balaban J connectivity index is 1.64. The van der Waals surface area contributed by atoms with Crippen LogP contribution < -0.4 is 10.5 Å². The van der Waals surface area contributed by atoms with Gasteiger partial charge in [-0.15, -0.1) is 11.3 Å². The number of benzene rings is 1. The Bertz CT molecular complexity index is 635. The van der Waals surface area contributed by atoms with Crippen LogP contribution >= 0.6 is 11.3 Å². The van der Waals surface area contributed by atoms with Crippen molar-refractivity contribution in [1.29, 1.82) is 0 Å². The van der Waals surface area contributed by atoms with Crippen LogP contribution in [-0.4, -0.2) is 35.5 Å². The number of nitrogens with two attached hydrogens (primary N) is 1. The van der Waals surface area contributed by atoms with E-state index in [1.807, 2.05) is 34.5 Å². The highest BCUT2D eigenvalue weighted by Crippen LogP contribution is 2.26. The minimum Gasteiger partial charge on any atom is -0.484 e. The number of hydrogen-bond acceptors (Lipinski definition) is 5. The third kappa shape index (κ3) is 3.33. The Morgan fingerprint density at radius 2 is 2.19 bits per heavy atom. The molecule has 0 unspecified atom stereocenters. The van der Waals surface area contributed by atoms with Crippen molar-refractivity contribution < 1.29 is 9.53 Å². The number of carbonyl (C=O) groups excluding carboxylic acids is 1. The lowest BCUT2D eigenvalue weighted by molar-refractivity contribution is -0.132. The first-order valence-corrected chi connectivity index (χ1v) is 7.82. The molecule has 0 bridgehead atoms. The van der Waals surface area contributed by atoms with Gasteiger partial charge in [-0.1, -0.05) is 12.1 Å². The summed E-state index contributed by atoms with van der Waals surface area (Å²) in [5.41, 5.74) is 7.41. The fourth-order valence-corrected chi connectivity index (χ4v) is 2.94. The second-order valence-corrected chi connectivity index (χ2v) is 5.87. The standard InChI is InChI=1S/C15H17N3O2S/c16-15-17-13(10-21-15)11-4-3-5-12(8-11)20-9-14(19)18-6-1-2-7-18/h3-5,8,10H,1-2,6-7,9H2,(H2,16,17). The van der Waals surface area contributed by atoms with Crippen LogP contribution in [-0.2, 0) is 4.79 Å². The van der Waals surface area contributed by atoms with Crippen molar-refractivity contribution in [2.75, 3.05) is 25.4 Å². The summed E-state index contributed by atoms with van der Waals surface area (Å²) in [6.45, 7) is 1.78. The number of nitrogen functional groups attached to an aromatic ring is 1. The number of nitrogens with zero attached hydrogens (tertiary/aromatic N) is 2. The highest BCUT2D eigenvalue weighted by atomic mass is 32.1. The summed E-state index contributed by atoms with van der Waals surface area (Å²) in [5, 5.41) is 2.45. The fraction of sp³-hybridized carbons (Fsp3) is 0.333. The second kappa shape index (κ2) is 6.13.